The van der Waals surface area contributed by atoms with E-state index in [0.717, 1.165) is 19.4 Å². The predicted molar refractivity (Wildman–Crippen MR) is 66.4 cm³/mol. The maximum absolute atomic E-state index is 11.7. The lowest BCUT2D eigenvalue weighted by atomic mass is 9.99. The van der Waals surface area contributed by atoms with Crippen molar-refractivity contribution in [2.24, 2.45) is 5.92 Å². The lowest BCUT2D eigenvalue weighted by Crippen LogP contribution is -2.37. The van der Waals surface area contributed by atoms with Crippen molar-refractivity contribution in [3.63, 3.8) is 0 Å². The number of esters is 1. The van der Waals surface area contributed by atoms with Crippen LogP contribution in [0.25, 0.3) is 0 Å². The summed E-state index contributed by atoms with van der Waals surface area (Å²) < 4.78 is 4.71. The summed E-state index contributed by atoms with van der Waals surface area (Å²) in [7, 11) is 1.31. The summed E-state index contributed by atoms with van der Waals surface area (Å²) in [4.78, 5) is 13.6. The maximum atomic E-state index is 11.7. The van der Waals surface area contributed by atoms with Crippen LogP contribution in [0, 0.1) is 5.92 Å². The zero-order valence-electron chi connectivity index (χ0n) is 10.3. The zero-order valence-corrected chi connectivity index (χ0v) is 10.3. The van der Waals surface area contributed by atoms with Crippen LogP contribution in [0.4, 0.5) is 11.6 Å². The number of carbonyl (C=O) groups is 1. The Bertz CT molecular complexity index is 432. The van der Waals surface area contributed by atoms with Crippen LogP contribution in [-0.4, -0.2) is 48.1 Å². The first-order valence-electron chi connectivity index (χ1n) is 5.95. The molecule has 1 unspecified atom stereocenters. The molecule has 0 radical (unpaired) electrons. The number of nitrogens with two attached hydrogens (primary N) is 1. The van der Waals surface area contributed by atoms with Crippen LogP contribution >= 0.6 is 0 Å². The standard InChI is InChI=1S/C11H18N4O3/c1-18-11(17)8-9(12)13-14-10(8)15-4-2-3-7(5-15)6-16/h7,16H,2-6H2,1H3,(H3,12,13,14). The SMILES string of the molecule is COC(=O)c1c(N2CCCC(CO)C2)n[nH]c1N. The van der Waals surface area contributed by atoms with E-state index in [4.69, 9.17) is 10.5 Å². The summed E-state index contributed by atoms with van der Waals surface area (Å²) in [6.07, 6.45) is 1.94. The molecule has 2 rings (SSSR count). The van der Waals surface area contributed by atoms with Crippen LogP contribution < -0.4 is 10.6 Å². The molecule has 0 amide bonds. The first-order chi connectivity index (χ1) is 8.67. The van der Waals surface area contributed by atoms with E-state index < -0.39 is 5.97 Å². The highest BCUT2D eigenvalue weighted by Crippen LogP contribution is 2.27. The first kappa shape index (κ1) is 12.7. The number of nitrogens with one attached hydrogen (secondary N) is 1. The first-order valence-corrected chi connectivity index (χ1v) is 5.95. The summed E-state index contributed by atoms with van der Waals surface area (Å²) in [6, 6.07) is 0. The number of nitrogens with zero attached hydrogens (tertiary/aromatic N) is 2. The highest BCUT2D eigenvalue weighted by Gasteiger charge is 2.27. The highest BCUT2D eigenvalue weighted by molar-refractivity contribution is 5.99. The Balaban J connectivity index is 2.25. The third kappa shape index (κ3) is 2.26. The molecule has 1 aromatic rings. The predicted octanol–water partition coefficient (Wildman–Crippen LogP) is -0.0128. The van der Waals surface area contributed by atoms with E-state index in [2.05, 4.69) is 10.2 Å². The van der Waals surface area contributed by atoms with Crippen molar-refractivity contribution in [1.29, 1.82) is 0 Å². The smallest absolute Gasteiger partial charge is 0.345 e. The Labute approximate surface area is 105 Å². The van der Waals surface area contributed by atoms with Crippen LogP contribution in [0.5, 0.6) is 0 Å². The number of aliphatic hydroxyl groups is 1. The minimum absolute atomic E-state index is 0.143. The Morgan fingerprint density at radius 3 is 3.17 bits per heavy atom. The molecule has 1 aliphatic heterocycles. The molecule has 0 bridgehead atoms. The van der Waals surface area contributed by atoms with Gasteiger partial charge in [-0.3, -0.25) is 5.10 Å². The average Bonchev–Trinajstić information content (AvgIpc) is 2.80. The minimum Gasteiger partial charge on any atom is -0.465 e. The zero-order chi connectivity index (χ0) is 13.1. The van der Waals surface area contributed by atoms with E-state index in [1.807, 2.05) is 4.90 Å². The van der Waals surface area contributed by atoms with Gasteiger partial charge in [-0.2, -0.15) is 5.10 Å². The molecule has 18 heavy (non-hydrogen) atoms. The molecule has 1 atom stereocenters. The van der Waals surface area contributed by atoms with Gasteiger partial charge in [0.25, 0.3) is 0 Å². The molecule has 1 saturated heterocycles. The Kier molecular flexibility index (Phi) is 3.71. The van der Waals surface area contributed by atoms with Crippen molar-refractivity contribution in [3.05, 3.63) is 5.56 Å². The number of ether oxygens (including phenoxy) is 1. The van der Waals surface area contributed by atoms with Gasteiger partial charge in [-0.1, -0.05) is 0 Å². The van der Waals surface area contributed by atoms with Gasteiger partial charge >= 0.3 is 5.97 Å². The van der Waals surface area contributed by atoms with Gasteiger partial charge in [-0.15, -0.1) is 0 Å². The molecule has 2 heterocycles. The number of anilines is 2. The van der Waals surface area contributed by atoms with Crippen molar-refractivity contribution in [2.75, 3.05) is 37.4 Å². The summed E-state index contributed by atoms with van der Waals surface area (Å²) >= 11 is 0. The second-order valence-electron chi connectivity index (χ2n) is 4.46. The van der Waals surface area contributed by atoms with Crippen molar-refractivity contribution >= 4 is 17.6 Å². The summed E-state index contributed by atoms with van der Waals surface area (Å²) in [6.45, 7) is 1.61. The largest absolute Gasteiger partial charge is 0.465 e. The summed E-state index contributed by atoms with van der Waals surface area (Å²) in [5, 5.41) is 15.9. The molecule has 0 aliphatic carbocycles. The fourth-order valence-electron chi connectivity index (χ4n) is 2.28. The van der Waals surface area contributed by atoms with Gasteiger partial charge in [0, 0.05) is 19.7 Å². The van der Waals surface area contributed by atoms with Gasteiger partial charge in [0.15, 0.2) is 5.82 Å². The minimum atomic E-state index is -0.498. The van der Waals surface area contributed by atoms with Crippen molar-refractivity contribution in [3.8, 4) is 0 Å². The lowest BCUT2D eigenvalue weighted by Gasteiger charge is -2.32. The molecule has 1 aliphatic rings. The fourth-order valence-corrected chi connectivity index (χ4v) is 2.28. The van der Waals surface area contributed by atoms with Gasteiger partial charge in [0.05, 0.1) is 7.11 Å². The third-order valence-corrected chi connectivity index (χ3v) is 3.24. The van der Waals surface area contributed by atoms with Crippen molar-refractivity contribution in [2.45, 2.75) is 12.8 Å². The van der Waals surface area contributed by atoms with E-state index in [1.54, 1.807) is 0 Å². The number of aromatic amines is 1. The number of carbonyl (C=O) groups excluding carboxylic acids is 1. The average molecular weight is 254 g/mol. The number of aromatic nitrogens is 2. The number of hydrogen-bond acceptors (Lipinski definition) is 6. The molecule has 7 heteroatoms. The molecule has 0 aromatic carbocycles. The van der Waals surface area contributed by atoms with Crippen LogP contribution in [0.15, 0.2) is 0 Å². The van der Waals surface area contributed by atoms with E-state index in [0.29, 0.717) is 12.4 Å². The van der Waals surface area contributed by atoms with E-state index in [1.165, 1.54) is 7.11 Å². The Hall–Kier alpha value is -1.76. The maximum Gasteiger partial charge on any atom is 0.345 e. The quantitative estimate of drug-likeness (QED) is 0.655. The van der Waals surface area contributed by atoms with E-state index >= 15 is 0 Å². The molecule has 0 spiro atoms. The third-order valence-electron chi connectivity index (χ3n) is 3.24. The van der Waals surface area contributed by atoms with Gasteiger partial charge in [0.2, 0.25) is 0 Å². The molecule has 1 fully saturated rings. The number of methoxy groups -OCH3 is 1. The molecular formula is C11H18N4O3. The number of H-pyrrole nitrogens is 1. The second kappa shape index (κ2) is 5.26. The second-order valence-corrected chi connectivity index (χ2v) is 4.46. The molecule has 100 valence electrons. The summed E-state index contributed by atoms with van der Waals surface area (Å²) in [5.74, 6) is 0.435. The molecule has 0 saturated carbocycles. The van der Waals surface area contributed by atoms with Crippen LogP contribution in [0.2, 0.25) is 0 Å². The normalized spacial score (nSPS) is 19.9. The van der Waals surface area contributed by atoms with E-state index in [9.17, 15) is 9.90 Å². The van der Waals surface area contributed by atoms with Gasteiger partial charge < -0.3 is 20.5 Å². The fraction of sp³-hybridized carbons (Fsp3) is 0.636. The monoisotopic (exact) mass is 254 g/mol. The van der Waals surface area contributed by atoms with Gasteiger partial charge in [0.1, 0.15) is 11.4 Å². The highest BCUT2D eigenvalue weighted by atomic mass is 16.5. The van der Waals surface area contributed by atoms with Gasteiger partial charge in [-0.25, -0.2) is 4.79 Å². The molecule has 4 N–H and O–H groups in total. The number of piperidine rings is 1. The molecule has 7 nitrogen and oxygen atoms in total. The topological polar surface area (TPSA) is 104 Å². The van der Waals surface area contributed by atoms with E-state index in [-0.39, 0.29) is 23.9 Å². The Morgan fingerprint density at radius 2 is 2.50 bits per heavy atom. The number of rotatable bonds is 3. The van der Waals surface area contributed by atoms with Crippen molar-refractivity contribution in [1.82, 2.24) is 10.2 Å². The number of nitrogen functional groups attached to an aromatic ring is 1. The number of hydrogen-bond donors (Lipinski definition) is 3. The summed E-state index contributed by atoms with van der Waals surface area (Å²) in [5.41, 5.74) is 5.97. The van der Waals surface area contributed by atoms with Crippen LogP contribution in [0.3, 0.4) is 0 Å². The van der Waals surface area contributed by atoms with Crippen molar-refractivity contribution < 1.29 is 14.6 Å². The lowest BCUT2D eigenvalue weighted by molar-refractivity contribution is 0.0602. The van der Waals surface area contributed by atoms with Crippen LogP contribution in [0.1, 0.15) is 23.2 Å². The molecular weight excluding hydrogens is 236 g/mol. The Morgan fingerprint density at radius 1 is 1.72 bits per heavy atom. The molecule has 1 aromatic heterocycles. The van der Waals surface area contributed by atoms with Crippen LogP contribution in [-0.2, 0) is 4.74 Å². The number of aliphatic hydroxyl groups excluding tert-OH is 1. The van der Waals surface area contributed by atoms with Gasteiger partial charge in [-0.05, 0) is 18.8 Å².